The van der Waals surface area contributed by atoms with Crippen LogP contribution in [0.3, 0.4) is 0 Å². The first-order valence-electron chi connectivity index (χ1n) is 9.98. The predicted molar refractivity (Wildman–Crippen MR) is 99.0 cm³/mol. The summed E-state index contributed by atoms with van der Waals surface area (Å²) in [6.45, 7) is -0.509. The number of hydrogen-bond acceptors (Lipinski definition) is 12. The highest BCUT2D eigenvalue weighted by Crippen LogP contribution is 2.31. The Kier molecular flexibility index (Phi) is 7.81. The maximum Gasteiger partial charge on any atom is 0.186 e. The standard InChI is InChI=1S/C17H34N4O8/c18-4-9-12(23)13(24)11(21)16(27-9)29-15-10(5-22)28-17(14(15)25)26-8-2-6(19)1-7(20)3-8/h6-17,22-25H,1-5,18-21H2/t6-,7+,8-,9-,10+,11+,12+,13+,14+,15+,16+,17+/m0/s1. The molecule has 0 spiro atoms. The van der Waals surface area contributed by atoms with Crippen molar-refractivity contribution in [3.8, 4) is 0 Å². The summed E-state index contributed by atoms with van der Waals surface area (Å²) in [6, 6.07) is -1.29. The van der Waals surface area contributed by atoms with Gasteiger partial charge in [-0.3, -0.25) is 0 Å². The molecule has 29 heavy (non-hydrogen) atoms. The average molecular weight is 422 g/mol. The number of aliphatic hydroxyl groups is 4. The lowest BCUT2D eigenvalue weighted by Gasteiger charge is -2.42. The third-order valence-electron chi connectivity index (χ3n) is 5.81. The van der Waals surface area contributed by atoms with Crippen molar-refractivity contribution in [3.05, 3.63) is 0 Å². The van der Waals surface area contributed by atoms with Gasteiger partial charge in [0.1, 0.15) is 36.6 Å². The molecular formula is C17H34N4O8. The van der Waals surface area contributed by atoms with Crippen molar-refractivity contribution in [2.45, 2.75) is 92.7 Å². The van der Waals surface area contributed by atoms with Crippen molar-refractivity contribution in [2.24, 2.45) is 22.9 Å². The van der Waals surface area contributed by atoms with Gasteiger partial charge in [0.15, 0.2) is 12.6 Å². The van der Waals surface area contributed by atoms with Crippen LogP contribution < -0.4 is 22.9 Å². The normalized spacial score (nSPS) is 51.3. The highest BCUT2D eigenvalue weighted by atomic mass is 16.7. The third-order valence-corrected chi connectivity index (χ3v) is 5.81. The van der Waals surface area contributed by atoms with E-state index in [0.29, 0.717) is 19.3 Å². The summed E-state index contributed by atoms with van der Waals surface area (Å²) in [6.07, 6.45) is -7.33. The first-order chi connectivity index (χ1) is 13.7. The Morgan fingerprint density at radius 3 is 2.00 bits per heavy atom. The summed E-state index contributed by atoms with van der Waals surface area (Å²) >= 11 is 0. The van der Waals surface area contributed by atoms with E-state index in [2.05, 4.69) is 0 Å². The minimum absolute atomic E-state index is 0.0636. The van der Waals surface area contributed by atoms with E-state index in [4.69, 9.17) is 41.9 Å². The molecule has 3 fully saturated rings. The Hall–Kier alpha value is -0.480. The zero-order valence-corrected chi connectivity index (χ0v) is 16.2. The third kappa shape index (κ3) is 5.06. The zero-order valence-electron chi connectivity index (χ0n) is 16.2. The van der Waals surface area contributed by atoms with Crippen LogP contribution in [0.4, 0.5) is 0 Å². The zero-order chi connectivity index (χ0) is 21.3. The fourth-order valence-electron chi connectivity index (χ4n) is 4.21. The molecule has 2 aliphatic heterocycles. The number of ether oxygens (including phenoxy) is 4. The van der Waals surface area contributed by atoms with E-state index in [-0.39, 0.29) is 24.7 Å². The molecule has 170 valence electrons. The van der Waals surface area contributed by atoms with E-state index in [1.165, 1.54) is 0 Å². The molecule has 3 aliphatic rings. The van der Waals surface area contributed by atoms with Gasteiger partial charge in [0.25, 0.3) is 0 Å². The first-order valence-corrected chi connectivity index (χ1v) is 9.98. The van der Waals surface area contributed by atoms with Gasteiger partial charge in [-0.1, -0.05) is 0 Å². The van der Waals surface area contributed by atoms with E-state index in [9.17, 15) is 20.4 Å². The van der Waals surface area contributed by atoms with Crippen molar-refractivity contribution >= 4 is 0 Å². The molecule has 2 saturated heterocycles. The lowest BCUT2D eigenvalue weighted by atomic mass is 9.90. The summed E-state index contributed by atoms with van der Waals surface area (Å²) < 4.78 is 22.8. The van der Waals surface area contributed by atoms with Crippen LogP contribution in [0.1, 0.15) is 19.3 Å². The quantitative estimate of drug-likeness (QED) is 0.202. The number of rotatable bonds is 6. The van der Waals surface area contributed by atoms with E-state index in [1.54, 1.807) is 0 Å². The van der Waals surface area contributed by atoms with Crippen molar-refractivity contribution in [3.63, 3.8) is 0 Å². The monoisotopic (exact) mass is 422 g/mol. The van der Waals surface area contributed by atoms with Crippen LogP contribution in [0.2, 0.25) is 0 Å². The van der Waals surface area contributed by atoms with Gasteiger partial charge >= 0.3 is 0 Å². The van der Waals surface area contributed by atoms with Gasteiger partial charge in [-0.25, -0.2) is 0 Å². The molecule has 1 aliphatic carbocycles. The number of hydrogen-bond donors (Lipinski definition) is 8. The van der Waals surface area contributed by atoms with E-state index >= 15 is 0 Å². The van der Waals surface area contributed by atoms with Gasteiger partial charge in [-0.2, -0.15) is 0 Å². The molecule has 0 bridgehead atoms. The Labute approximate surface area is 169 Å². The summed E-state index contributed by atoms with van der Waals surface area (Å²) in [5, 5.41) is 40.4. The topological polar surface area (TPSA) is 222 Å². The van der Waals surface area contributed by atoms with Crippen LogP contribution in [0.5, 0.6) is 0 Å². The van der Waals surface area contributed by atoms with E-state index < -0.39 is 61.9 Å². The molecule has 0 aromatic rings. The van der Waals surface area contributed by atoms with Crippen molar-refractivity contribution < 1.29 is 39.4 Å². The SMILES string of the molecule is NC[C@@H]1O[C@H](O[C@H]2[C@@H](O)[C@H](O[C@@H]3C[C@H](N)C[C@H](N)C3)O[C@@H]2CO)[C@H](N)[C@@H](O)[C@@H]1O. The second-order valence-electron chi connectivity index (χ2n) is 8.14. The van der Waals surface area contributed by atoms with Crippen LogP contribution in [0.15, 0.2) is 0 Å². The average Bonchev–Trinajstić information content (AvgIpc) is 2.96. The molecule has 0 aromatic heterocycles. The molecule has 1 saturated carbocycles. The smallest absolute Gasteiger partial charge is 0.186 e. The highest BCUT2D eigenvalue weighted by molar-refractivity contribution is 4.95. The lowest BCUT2D eigenvalue weighted by molar-refractivity contribution is -0.280. The van der Waals surface area contributed by atoms with Crippen molar-refractivity contribution in [1.29, 1.82) is 0 Å². The van der Waals surface area contributed by atoms with E-state index in [1.807, 2.05) is 0 Å². The number of nitrogens with two attached hydrogens (primary N) is 4. The summed E-state index contributed by atoms with van der Waals surface area (Å²) in [4.78, 5) is 0. The summed E-state index contributed by atoms with van der Waals surface area (Å²) in [5.41, 5.74) is 23.4. The minimum Gasteiger partial charge on any atom is -0.394 e. The second kappa shape index (κ2) is 9.77. The molecule has 0 radical (unpaired) electrons. The van der Waals surface area contributed by atoms with Gasteiger partial charge in [0.05, 0.1) is 18.8 Å². The molecule has 12 heteroatoms. The molecular weight excluding hydrogens is 388 g/mol. The minimum atomic E-state index is -1.33. The van der Waals surface area contributed by atoms with Crippen LogP contribution in [-0.2, 0) is 18.9 Å². The summed E-state index contributed by atoms with van der Waals surface area (Å²) in [7, 11) is 0. The van der Waals surface area contributed by atoms with Crippen LogP contribution >= 0.6 is 0 Å². The van der Waals surface area contributed by atoms with Gasteiger partial charge in [-0.05, 0) is 19.3 Å². The van der Waals surface area contributed by atoms with Gasteiger partial charge < -0.3 is 62.3 Å². The lowest BCUT2D eigenvalue weighted by Crippen LogP contribution is -2.64. The second-order valence-corrected chi connectivity index (χ2v) is 8.14. The molecule has 12 N–H and O–H groups in total. The Bertz CT molecular complexity index is 522. The molecule has 0 amide bonds. The Balaban J connectivity index is 1.64. The molecule has 0 unspecified atom stereocenters. The van der Waals surface area contributed by atoms with Crippen molar-refractivity contribution in [1.82, 2.24) is 0 Å². The fourth-order valence-corrected chi connectivity index (χ4v) is 4.21. The van der Waals surface area contributed by atoms with Gasteiger partial charge in [0.2, 0.25) is 0 Å². The van der Waals surface area contributed by atoms with Gasteiger partial charge in [-0.15, -0.1) is 0 Å². The van der Waals surface area contributed by atoms with Crippen LogP contribution in [-0.4, -0.2) is 107 Å². The molecule has 0 aromatic carbocycles. The predicted octanol–water partition coefficient (Wildman–Crippen LogP) is -4.59. The molecule has 3 rings (SSSR count). The fraction of sp³-hybridized carbons (Fsp3) is 1.00. The largest absolute Gasteiger partial charge is 0.394 e. The first kappa shape index (κ1) is 23.2. The van der Waals surface area contributed by atoms with Gasteiger partial charge in [0, 0.05) is 18.6 Å². The maximum atomic E-state index is 10.7. The van der Waals surface area contributed by atoms with Crippen molar-refractivity contribution in [2.75, 3.05) is 13.2 Å². The van der Waals surface area contributed by atoms with Crippen LogP contribution in [0.25, 0.3) is 0 Å². The maximum absolute atomic E-state index is 10.7. The van der Waals surface area contributed by atoms with E-state index in [0.717, 1.165) is 0 Å². The highest BCUT2D eigenvalue weighted by Gasteiger charge is 2.50. The molecule has 2 heterocycles. The molecule has 12 atom stereocenters. The Morgan fingerprint density at radius 2 is 1.41 bits per heavy atom. The van der Waals surface area contributed by atoms with Crippen LogP contribution in [0, 0.1) is 0 Å². The number of aliphatic hydroxyl groups excluding tert-OH is 4. The summed E-state index contributed by atoms with van der Waals surface area (Å²) in [5.74, 6) is 0. The molecule has 12 nitrogen and oxygen atoms in total. The Morgan fingerprint density at radius 1 is 0.793 bits per heavy atom.